The van der Waals surface area contributed by atoms with Gasteiger partial charge in [-0.1, -0.05) is 17.6 Å². The largest absolute Gasteiger partial charge is 0.337 e. The minimum absolute atomic E-state index is 0. The van der Waals surface area contributed by atoms with Crippen LogP contribution in [-0.2, 0) is 0 Å². The third-order valence-corrected chi connectivity index (χ3v) is 3.66. The van der Waals surface area contributed by atoms with Gasteiger partial charge in [0.25, 0.3) is 0 Å². The van der Waals surface area contributed by atoms with E-state index in [-0.39, 0.29) is 18.4 Å². The second kappa shape index (κ2) is 5.62. The van der Waals surface area contributed by atoms with Crippen LogP contribution in [-0.4, -0.2) is 16.7 Å². The van der Waals surface area contributed by atoms with E-state index in [1.807, 2.05) is 17.5 Å². The van der Waals surface area contributed by atoms with E-state index in [1.165, 1.54) is 12.8 Å². The van der Waals surface area contributed by atoms with E-state index in [9.17, 15) is 0 Å². The van der Waals surface area contributed by atoms with Crippen molar-refractivity contribution in [3.05, 3.63) is 23.4 Å². The Hall–Kier alpha value is -0.910. The zero-order valence-corrected chi connectivity index (χ0v) is 10.9. The van der Waals surface area contributed by atoms with E-state index in [4.69, 9.17) is 4.52 Å². The first kappa shape index (κ1) is 12.5. The van der Waals surface area contributed by atoms with E-state index < -0.39 is 0 Å². The fraction of sp³-hybridized carbons (Fsp3) is 0.455. The van der Waals surface area contributed by atoms with Gasteiger partial charge in [0, 0.05) is 0 Å². The molecule has 2 aromatic rings. The molecule has 0 saturated carbocycles. The van der Waals surface area contributed by atoms with Gasteiger partial charge in [0.2, 0.25) is 11.7 Å². The smallest absolute Gasteiger partial charge is 0.244 e. The van der Waals surface area contributed by atoms with E-state index in [0.29, 0.717) is 5.82 Å². The minimum Gasteiger partial charge on any atom is -0.337 e. The maximum atomic E-state index is 5.31. The molecule has 0 amide bonds. The van der Waals surface area contributed by atoms with Crippen LogP contribution in [0.15, 0.2) is 22.0 Å². The average Bonchev–Trinajstić information content (AvgIpc) is 3.01. The Labute approximate surface area is 110 Å². The number of halogens is 1. The molecule has 6 heteroatoms. The molecule has 0 radical (unpaired) electrons. The summed E-state index contributed by atoms with van der Waals surface area (Å²) in [5.41, 5.74) is 0. The number of hydrogen-bond acceptors (Lipinski definition) is 5. The van der Waals surface area contributed by atoms with Crippen LogP contribution in [0.25, 0.3) is 10.7 Å². The topological polar surface area (TPSA) is 51.0 Å². The van der Waals surface area contributed by atoms with E-state index in [0.717, 1.165) is 23.7 Å². The van der Waals surface area contributed by atoms with Crippen LogP contribution in [0.1, 0.15) is 31.2 Å². The van der Waals surface area contributed by atoms with Crippen LogP contribution in [0.2, 0.25) is 0 Å². The first-order valence-corrected chi connectivity index (χ1v) is 6.42. The van der Waals surface area contributed by atoms with Gasteiger partial charge in [0.05, 0.1) is 10.9 Å². The van der Waals surface area contributed by atoms with Gasteiger partial charge in [-0.25, -0.2) is 0 Å². The Morgan fingerprint density at radius 2 is 2.35 bits per heavy atom. The SMILES string of the molecule is Cl.c1csc(-c2noc([C@@H]3CCCCN3)n2)c1. The third kappa shape index (κ3) is 2.68. The lowest BCUT2D eigenvalue weighted by atomic mass is 10.1. The van der Waals surface area contributed by atoms with E-state index in [2.05, 4.69) is 15.5 Å². The summed E-state index contributed by atoms with van der Waals surface area (Å²) in [5, 5.41) is 9.44. The average molecular weight is 272 g/mol. The van der Waals surface area contributed by atoms with Crippen molar-refractivity contribution < 1.29 is 4.52 Å². The molecule has 3 rings (SSSR count). The molecule has 4 nitrogen and oxygen atoms in total. The highest BCUT2D eigenvalue weighted by Gasteiger charge is 2.21. The first-order chi connectivity index (χ1) is 7.93. The van der Waals surface area contributed by atoms with Crippen LogP contribution >= 0.6 is 23.7 Å². The number of rotatable bonds is 2. The molecule has 1 atom stereocenters. The lowest BCUT2D eigenvalue weighted by Crippen LogP contribution is -2.26. The van der Waals surface area contributed by atoms with Gasteiger partial charge < -0.3 is 9.84 Å². The van der Waals surface area contributed by atoms with Gasteiger partial charge in [-0.15, -0.1) is 23.7 Å². The highest BCUT2D eigenvalue weighted by molar-refractivity contribution is 7.13. The molecular formula is C11H14ClN3OS. The normalized spacial score (nSPS) is 19.9. The minimum atomic E-state index is 0. The summed E-state index contributed by atoms with van der Waals surface area (Å²) in [4.78, 5) is 5.51. The van der Waals surface area contributed by atoms with E-state index in [1.54, 1.807) is 11.3 Å². The third-order valence-electron chi connectivity index (χ3n) is 2.79. The molecule has 0 bridgehead atoms. The molecule has 92 valence electrons. The molecule has 0 unspecified atom stereocenters. The van der Waals surface area contributed by atoms with Crippen molar-refractivity contribution >= 4 is 23.7 Å². The maximum absolute atomic E-state index is 5.31. The molecule has 1 fully saturated rings. The van der Waals surface area contributed by atoms with Crippen molar-refractivity contribution in [3.63, 3.8) is 0 Å². The second-order valence-electron chi connectivity index (χ2n) is 3.94. The van der Waals surface area contributed by atoms with Crippen molar-refractivity contribution in [2.75, 3.05) is 6.54 Å². The molecular weight excluding hydrogens is 258 g/mol. The summed E-state index contributed by atoms with van der Waals surface area (Å²) in [6.45, 7) is 1.04. The molecule has 1 aliphatic rings. The van der Waals surface area contributed by atoms with Crippen LogP contribution in [0.5, 0.6) is 0 Å². The predicted molar refractivity (Wildman–Crippen MR) is 69.5 cm³/mol. The molecule has 3 heterocycles. The van der Waals surface area contributed by atoms with Crippen molar-refractivity contribution in [1.82, 2.24) is 15.5 Å². The Morgan fingerprint density at radius 3 is 3.06 bits per heavy atom. The van der Waals surface area contributed by atoms with Crippen LogP contribution in [0, 0.1) is 0 Å². The van der Waals surface area contributed by atoms with Crippen molar-refractivity contribution in [2.45, 2.75) is 25.3 Å². The first-order valence-electron chi connectivity index (χ1n) is 5.54. The lowest BCUT2D eigenvalue weighted by molar-refractivity contribution is 0.297. The molecule has 2 aromatic heterocycles. The van der Waals surface area contributed by atoms with Crippen molar-refractivity contribution in [1.29, 1.82) is 0 Å². The lowest BCUT2D eigenvalue weighted by Gasteiger charge is -2.19. The molecule has 1 saturated heterocycles. The standard InChI is InChI=1S/C11H13N3OS.ClH/c1-2-6-12-8(4-1)11-13-10(14-15-11)9-5-3-7-16-9;/h3,5,7-8,12H,1-2,4,6H2;1H/t8-;/m0./s1. The number of hydrogen-bond donors (Lipinski definition) is 1. The van der Waals surface area contributed by atoms with Crippen LogP contribution in [0.4, 0.5) is 0 Å². The predicted octanol–water partition coefficient (Wildman–Crippen LogP) is 3.03. The number of thiophene rings is 1. The van der Waals surface area contributed by atoms with Gasteiger partial charge in [-0.2, -0.15) is 4.98 Å². The van der Waals surface area contributed by atoms with Crippen molar-refractivity contribution in [2.24, 2.45) is 0 Å². The summed E-state index contributed by atoms with van der Waals surface area (Å²) in [7, 11) is 0. The molecule has 0 aliphatic carbocycles. The Bertz CT molecular complexity index is 451. The number of nitrogens with one attached hydrogen (secondary N) is 1. The Balaban J connectivity index is 0.00000108. The monoisotopic (exact) mass is 271 g/mol. The fourth-order valence-corrected chi connectivity index (χ4v) is 2.59. The van der Waals surface area contributed by atoms with Gasteiger partial charge in [0.15, 0.2) is 0 Å². The number of nitrogens with zero attached hydrogens (tertiary/aromatic N) is 2. The number of piperidine rings is 1. The van der Waals surface area contributed by atoms with Gasteiger partial charge in [-0.3, -0.25) is 0 Å². The highest BCUT2D eigenvalue weighted by atomic mass is 35.5. The molecule has 1 aliphatic heterocycles. The summed E-state index contributed by atoms with van der Waals surface area (Å²) < 4.78 is 5.31. The van der Waals surface area contributed by atoms with Crippen molar-refractivity contribution in [3.8, 4) is 10.7 Å². The fourth-order valence-electron chi connectivity index (χ4n) is 1.95. The summed E-state index contributed by atoms with van der Waals surface area (Å²) in [6.07, 6.45) is 3.56. The molecule has 0 spiro atoms. The van der Waals surface area contributed by atoms with E-state index >= 15 is 0 Å². The zero-order valence-electron chi connectivity index (χ0n) is 9.26. The highest BCUT2D eigenvalue weighted by Crippen LogP contribution is 2.26. The Kier molecular flexibility index (Phi) is 4.15. The summed E-state index contributed by atoms with van der Waals surface area (Å²) >= 11 is 1.63. The Morgan fingerprint density at radius 1 is 1.41 bits per heavy atom. The summed E-state index contributed by atoms with van der Waals surface area (Å²) in [5.74, 6) is 1.43. The molecule has 0 aromatic carbocycles. The maximum Gasteiger partial charge on any atom is 0.244 e. The zero-order chi connectivity index (χ0) is 10.8. The van der Waals surface area contributed by atoms with Gasteiger partial charge in [0.1, 0.15) is 0 Å². The number of aromatic nitrogens is 2. The molecule has 17 heavy (non-hydrogen) atoms. The van der Waals surface area contributed by atoms with Gasteiger partial charge in [-0.05, 0) is 30.8 Å². The van der Waals surface area contributed by atoms with Crippen LogP contribution in [0.3, 0.4) is 0 Å². The molecule has 1 N–H and O–H groups in total. The summed E-state index contributed by atoms with van der Waals surface area (Å²) in [6, 6.07) is 4.25. The van der Waals surface area contributed by atoms with Gasteiger partial charge >= 0.3 is 0 Å². The second-order valence-corrected chi connectivity index (χ2v) is 4.88. The van der Waals surface area contributed by atoms with Crippen LogP contribution < -0.4 is 5.32 Å². The quantitative estimate of drug-likeness (QED) is 0.912.